The fourth-order valence-electron chi connectivity index (χ4n) is 2.24. The summed E-state index contributed by atoms with van der Waals surface area (Å²) < 4.78 is 5.50. The predicted octanol–water partition coefficient (Wildman–Crippen LogP) is 5.00. The normalized spacial score (nSPS) is 10.6. The Balaban J connectivity index is 1.84. The lowest BCUT2D eigenvalue weighted by molar-refractivity contribution is 0.102. The van der Waals surface area contributed by atoms with Crippen molar-refractivity contribution in [2.45, 2.75) is 6.61 Å². The Morgan fingerprint density at radius 1 is 1.08 bits per heavy atom. The zero-order valence-electron chi connectivity index (χ0n) is 12.4. The van der Waals surface area contributed by atoms with Crippen molar-refractivity contribution in [2.75, 3.05) is 5.32 Å². The molecule has 0 radical (unpaired) electrons. The molecule has 0 saturated carbocycles. The maximum Gasteiger partial charge on any atom is 0.257 e. The molecule has 0 unspecified atom stereocenters. The summed E-state index contributed by atoms with van der Waals surface area (Å²) in [5.74, 6) is 0.733. The van der Waals surface area contributed by atoms with Crippen molar-refractivity contribution in [1.29, 1.82) is 0 Å². The number of anilines is 1. The van der Waals surface area contributed by atoms with E-state index in [9.17, 15) is 4.79 Å². The van der Waals surface area contributed by atoms with E-state index in [-0.39, 0.29) is 12.5 Å². The van der Waals surface area contributed by atoms with Crippen molar-refractivity contribution in [2.24, 2.45) is 0 Å². The molecule has 0 atom stereocenters. The van der Waals surface area contributed by atoms with Gasteiger partial charge in [0.1, 0.15) is 18.1 Å². The van der Waals surface area contributed by atoms with Gasteiger partial charge in [0.25, 0.3) is 5.91 Å². The molecular weight excluding hydrogens is 349 g/mol. The Labute approximate surface area is 148 Å². The summed E-state index contributed by atoms with van der Waals surface area (Å²) >= 11 is 12.0. The van der Waals surface area contributed by atoms with Crippen LogP contribution in [0.25, 0.3) is 11.3 Å². The number of hydrogen-bond donors (Lipinski definition) is 2. The first kappa shape index (κ1) is 16.6. The van der Waals surface area contributed by atoms with E-state index in [0.717, 1.165) is 5.56 Å². The van der Waals surface area contributed by atoms with Gasteiger partial charge < -0.3 is 14.8 Å². The second kappa shape index (κ2) is 7.09. The third-order valence-electron chi connectivity index (χ3n) is 3.40. The average Bonchev–Trinajstić information content (AvgIpc) is 3.06. The molecule has 0 spiro atoms. The number of aliphatic hydroxyl groups is 1. The van der Waals surface area contributed by atoms with E-state index in [1.54, 1.807) is 42.5 Å². The summed E-state index contributed by atoms with van der Waals surface area (Å²) in [5, 5.41) is 12.6. The number of hydrogen-bond acceptors (Lipinski definition) is 3. The van der Waals surface area contributed by atoms with Crippen molar-refractivity contribution < 1.29 is 14.3 Å². The van der Waals surface area contributed by atoms with Gasteiger partial charge in [-0.2, -0.15) is 0 Å². The van der Waals surface area contributed by atoms with Crippen molar-refractivity contribution in [3.63, 3.8) is 0 Å². The van der Waals surface area contributed by atoms with Gasteiger partial charge in [-0.25, -0.2) is 0 Å². The maximum absolute atomic E-state index is 12.4. The van der Waals surface area contributed by atoms with Gasteiger partial charge in [-0.05, 0) is 42.5 Å². The lowest BCUT2D eigenvalue weighted by Gasteiger charge is -2.08. The number of amides is 1. The molecule has 3 aromatic rings. The number of aliphatic hydroxyl groups excluding tert-OH is 1. The first-order valence-corrected chi connectivity index (χ1v) is 7.89. The molecule has 0 aliphatic carbocycles. The number of carbonyl (C=O) groups is 1. The molecule has 0 aliphatic rings. The summed E-state index contributed by atoms with van der Waals surface area (Å²) in [6.45, 7) is -0.163. The molecule has 6 heteroatoms. The predicted molar refractivity (Wildman–Crippen MR) is 94.5 cm³/mol. The summed E-state index contributed by atoms with van der Waals surface area (Å²) in [4.78, 5) is 12.4. The highest BCUT2D eigenvalue weighted by atomic mass is 35.5. The molecule has 0 fully saturated rings. The van der Waals surface area contributed by atoms with Crippen molar-refractivity contribution in [3.8, 4) is 11.3 Å². The standard InChI is InChI=1S/C18H13Cl2NO3/c19-12-4-6-16(20)15(9-12)18(23)21-13-3-1-2-11(8-13)17-7-5-14(10-22)24-17/h1-9,22H,10H2,(H,21,23). The minimum absolute atomic E-state index is 0.163. The molecule has 0 saturated heterocycles. The summed E-state index contributed by atoms with van der Waals surface area (Å²) in [6, 6.07) is 15.4. The largest absolute Gasteiger partial charge is 0.459 e. The second-order valence-electron chi connectivity index (χ2n) is 5.08. The number of carbonyl (C=O) groups excluding carboxylic acids is 1. The van der Waals surface area contributed by atoms with E-state index < -0.39 is 0 Å². The van der Waals surface area contributed by atoms with Crippen LogP contribution in [-0.4, -0.2) is 11.0 Å². The number of rotatable bonds is 4. The number of nitrogens with one attached hydrogen (secondary N) is 1. The van der Waals surface area contributed by atoms with E-state index in [0.29, 0.717) is 32.8 Å². The lowest BCUT2D eigenvalue weighted by atomic mass is 10.1. The Bertz CT molecular complexity index is 889. The molecular formula is C18H13Cl2NO3. The molecule has 2 N–H and O–H groups in total. The van der Waals surface area contributed by atoms with Gasteiger partial charge in [-0.15, -0.1) is 0 Å². The highest BCUT2D eigenvalue weighted by Gasteiger charge is 2.12. The monoisotopic (exact) mass is 361 g/mol. The fourth-order valence-corrected chi connectivity index (χ4v) is 2.61. The Morgan fingerprint density at radius 3 is 2.67 bits per heavy atom. The van der Waals surface area contributed by atoms with Crippen LogP contribution in [0.15, 0.2) is 59.0 Å². The molecule has 2 aromatic carbocycles. The van der Waals surface area contributed by atoms with Crippen LogP contribution in [0.3, 0.4) is 0 Å². The average molecular weight is 362 g/mol. The van der Waals surface area contributed by atoms with Crippen LogP contribution < -0.4 is 5.32 Å². The highest BCUT2D eigenvalue weighted by Crippen LogP contribution is 2.26. The van der Waals surface area contributed by atoms with Gasteiger partial charge >= 0.3 is 0 Å². The van der Waals surface area contributed by atoms with Crippen molar-refractivity contribution in [3.05, 3.63) is 76.0 Å². The van der Waals surface area contributed by atoms with Crippen LogP contribution in [0.4, 0.5) is 5.69 Å². The van der Waals surface area contributed by atoms with E-state index in [1.807, 2.05) is 6.07 Å². The molecule has 24 heavy (non-hydrogen) atoms. The first-order chi connectivity index (χ1) is 11.6. The maximum atomic E-state index is 12.4. The van der Waals surface area contributed by atoms with Crippen LogP contribution in [0.1, 0.15) is 16.1 Å². The third kappa shape index (κ3) is 3.62. The van der Waals surface area contributed by atoms with Crippen LogP contribution in [-0.2, 0) is 6.61 Å². The quantitative estimate of drug-likeness (QED) is 0.687. The third-order valence-corrected chi connectivity index (χ3v) is 3.96. The first-order valence-electron chi connectivity index (χ1n) is 7.13. The van der Waals surface area contributed by atoms with Gasteiger partial charge in [-0.3, -0.25) is 4.79 Å². The van der Waals surface area contributed by atoms with Gasteiger partial charge in [0.2, 0.25) is 0 Å². The molecule has 0 bridgehead atoms. The molecule has 1 amide bonds. The summed E-state index contributed by atoms with van der Waals surface area (Å²) in [5.41, 5.74) is 1.68. The minimum Gasteiger partial charge on any atom is -0.459 e. The van der Waals surface area contributed by atoms with E-state index in [2.05, 4.69) is 5.32 Å². The van der Waals surface area contributed by atoms with E-state index in [4.69, 9.17) is 32.7 Å². The molecule has 1 heterocycles. The summed E-state index contributed by atoms with van der Waals surface area (Å²) in [7, 11) is 0. The topological polar surface area (TPSA) is 62.5 Å². The zero-order valence-corrected chi connectivity index (χ0v) is 13.9. The van der Waals surface area contributed by atoms with Crippen LogP contribution in [0.5, 0.6) is 0 Å². The smallest absolute Gasteiger partial charge is 0.257 e. The minimum atomic E-state index is -0.352. The Morgan fingerprint density at radius 2 is 1.92 bits per heavy atom. The lowest BCUT2D eigenvalue weighted by Crippen LogP contribution is -2.12. The number of benzene rings is 2. The summed E-state index contributed by atoms with van der Waals surface area (Å²) in [6.07, 6.45) is 0. The fraction of sp³-hybridized carbons (Fsp3) is 0.0556. The Hall–Kier alpha value is -2.27. The van der Waals surface area contributed by atoms with Crippen LogP contribution in [0.2, 0.25) is 10.0 Å². The number of halogens is 2. The van der Waals surface area contributed by atoms with Gasteiger partial charge in [0, 0.05) is 16.3 Å². The van der Waals surface area contributed by atoms with Gasteiger partial charge in [0.05, 0.1) is 10.6 Å². The number of furan rings is 1. The second-order valence-corrected chi connectivity index (χ2v) is 5.93. The SMILES string of the molecule is O=C(Nc1cccc(-c2ccc(CO)o2)c1)c1cc(Cl)ccc1Cl. The molecule has 0 aliphatic heterocycles. The Kier molecular flexibility index (Phi) is 4.90. The molecule has 1 aromatic heterocycles. The van der Waals surface area contributed by atoms with Gasteiger partial charge in [-0.1, -0.05) is 35.3 Å². The van der Waals surface area contributed by atoms with E-state index >= 15 is 0 Å². The van der Waals surface area contributed by atoms with Crippen molar-refractivity contribution in [1.82, 2.24) is 0 Å². The van der Waals surface area contributed by atoms with Crippen molar-refractivity contribution >= 4 is 34.8 Å². The van der Waals surface area contributed by atoms with Gasteiger partial charge in [0.15, 0.2) is 0 Å². The zero-order chi connectivity index (χ0) is 17.1. The highest BCUT2D eigenvalue weighted by molar-refractivity contribution is 6.36. The van der Waals surface area contributed by atoms with Crippen LogP contribution >= 0.6 is 23.2 Å². The molecule has 3 rings (SSSR count). The van der Waals surface area contributed by atoms with Crippen LogP contribution in [0, 0.1) is 0 Å². The molecule has 4 nitrogen and oxygen atoms in total. The van der Waals surface area contributed by atoms with E-state index in [1.165, 1.54) is 6.07 Å². The molecule has 122 valence electrons.